The van der Waals surface area contributed by atoms with Crippen LogP contribution in [0.4, 0.5) is 0 Å². The molecule has 0 aromatic rings. The average molecular weight is 266 g/mol. The maximum absolute atomic E-state index is 11.5. The molecule has 1 heterocycles. The van der Waals surface area contributed by atoms with Gasteiger partial charge in [0, 0.05) is 12.3 Å². The molecule has 19 heavy (non-hydrogen) atoms. The Labute approximate surface area is 114 Å². The fourth-order valence-electron chi connectivity index (χ4n) is 2.07. The van der Waals surface area contributed by atoms with Gasteiger partial charge in [0.15, 0.2) is 6.10 Å². The Balaban J connectivity index is 2.53. The van der Waals surface area contributed by atoms with Crippen LogP contribution in [0, 0.1) is 5.92 Å². The fourth-order valence-corrected chi connectivity index (χ4v) is 2.07. The lowest BCUT2D eigenvalue weighted by atomic mass is 10.0. The molecule has 4 nitrogen and oxygen atoms in total. The van der Waals surface area contributed by atoms with Crippen molar-refractivity contribution in [2.75, 3.05) is 7.11 Å². The van der Waals surface area contributed by atoms with E-state index in [2.05, 4.69) is 6.08 Å². The smallest absolute Gasteiger partial charge is 0.338 e. The van der Waals surface area contributed by atoms with Gasteiger partial charge in [-0.1, -0.05) is 18.6 Å². The van der Waals surface area contributed by atoms with Gasteiger partial charge < -0.3 is 14.3 Å². The van der Waals surface area contributed by atoms with Gasteiger partial charge in [0.05, 0.1) is 12.7 Å². The molecule has 0 spiro atoms. The van der Waals surface area contributed by atoms with Gasteiger partial charge in [0.1, 0.15) is 12.0 Å². The van der Waals surface area contributed by atoms with Gasteiger partial charge in [-0.2, -0.15) is 0 Å². The van der Waals surface area contributed by atoms with Crippen molar-refractivity contribution < 1.29 is 19.1 Å². The molecule has 0 fully saturated rings. The van der Waals surface area contributed by atoms with Gasteiger partial charge in [0.2, 0.25) is 0 Å². The first-order chi connectivity index (χ1) is 8.99. The van der Waals surface area contributed by atoms with E-state index in [1.54, 1.807) is 14.0 Å². The zero-order valence-corrected chi connectivity index (χ0v) is 12.1. The fraction of sp³-hybridized carbons (Fsp3) is 0.600. The van der Waals surface area contributed by atoms with E-state index in [1.807, 2.05) is 13.8 Å². The average Bonchev–Trinajstić information content (AvgIpc) is 2.64. The lowest BCUT2D eigenvalue weighted by Gasteiger charge is -2.13. The monoisotopic (exact) mass is 266 g/mol. The van der Waals surface area contributed by atoms with Crippen LogP contribution >= 0.6 is 0 Å². The van der Waals surface area contributed by atoms with E-state index in [1.165, 1.54) is 0 Å². The van der Waals surface area contributed by atoms with E-state index in [4.69, 9.17) is 9.47 Å². The number of ether oxygens (including phenoxy) is 2. The second-order valence-corrected chi connectivity index (χ2v) is 5.03. The number of rotatable bonds is 7. The van der Waals surface area contributed by atoms with Crippen molar-refractivity contribution in [2.24, 2.45) is 5.92 Å². The first-order valence-electron chi connectivity index (χ1n) is 6.56. The Morgan fingerprint density at radius 1 is 1.53 bits per heavy atom. The summed E-state index contributed by atoms with van der Waals surface area (Å²) in [5, 5.41) is 0. The van der Waals surface area contributed by atoms with E-state index < -0.39 is 0 Å². The van der Waals surface area contributed by atoms with E-state index in [0.29, 0.717) is 17.8 Å². The van der Waals surface area contributed by atoms with Gasteiger partial charge >= 0.3 is 5.97 Å². The number of aldehydes is 1. The molecule has 0 N–H and O–H groups in total. The van der Waals surface area contributed by atoms with E-state index in [0.717, 1.165) is 24.7 Å². The molecular formula is C15H22O4. The zero-order valence-electron chi connectivity index (χ0n) is 12.1. The standard InChI is InChI=1S/C15H22O4/c1-10(6-5-7-11(2)9-16)8-13-14(18-4)12(3)15(17)19-13/h6,9,11,13H,5,7-8H2,1-4H3/b10-6+/t11-,13?/m0/s1. The molecule has 2 atom stereocenters. The first kappa shape index (κ1) is 15.5. The van der Waals surface area contributed by atoms with Crippen LogP contribution in [0.2, 0.25) is 0 Å². The maximum Gasteiger partial charge on any atom is 0.338 e. The van der Waals surface area contributed by atoms with Crippen LogP contribution in [0.15, 0.2) is 23.0 Å². The number of esters is 1. The van der Waals surface area contributed by atoms with Crippen LogP contribution in [0.5, 0.6) is 0 Å². The Morgan fingerprint density at radius 2 is 2.21 bits per heavy atom. The second-order valence-electron chi connectivity index (χ2n) is 5.03. The molecule has 1 aliphatic rings. The number of cyclic esters (lactones) is 1. The molecule has 0 aromatic heterocycles. The summed E-state index contributed by atoms with van der Waals surface area (Å²) < 4.78 is 10.5. The molecule has 0 radical (unpaired) electrons. The van der Waals surface area contributed by atoms with E-state index in [-0.39, 0.29) is 18.0 Å². The van der Waals surface area contributed by atoms with Crippen LogP contribution in [0.25, 0.3) is 0 Å². The van der Waals surface area contributed by atoms with Crippen molar-refractivity contribution in [1.82, 2.24) is 0 Å². The van der Waals surface area contributed by atoms with Crippen LogP contribution in [-0.2, 0) is 19.1 Å². The van der Waals surface area contributed by atoms with Crippen molar-refractivity contribution in [3.05, 3.63) is 23.0 Å². The molecule has 0 bridgehead atoms. The second kappa shape index (κ2) is 7.12. The Morgan fingerprint density at radius 3 is 2.79 bits per heavy atom. The first-order valence-corrected chi connectivity index (χ1v) is 6.56. The molecule has 0 saturated heterocycles. The SMILES string of the molecule is COC1=C(C)C(=O)OC1C/C(C)=C/CC[C@H](C)C=O. The maximum atomic E-state index is 11.5. The minimum Gasteiger partial charge on any atom is -0.497 e. The summed E-state index contributed by atoms with van der Waals surface area (Å²) >= 11 is 0. The molecule has 0 saturated carbocycles. The lowest BCUT2D eigenvalue weighted by molar-refractivity contribution is -0.140. The molecule has 4 heteroatoms. The van der Waals surface area contributed by atoms with Gasteiger partial charge in [-0.25, -0.2) is 4.79 Å². The highest BCUT2D eigenvalue weighted by atomic mass is 16.6. The number of hydrogen-bond donors (Lipinski definition) is 0. The zero-order chi connectivity index (χ0) is 14.4. The molecular weight excluding hydrogens is 244 g/mol. The van der Waals surface area contributed by atoms with Crippen molar-refractivity contribution >= 4 is 12.3 Å². The third-order valence-electron chi connectivity index (χ3n) is 3.29. The summed E-state index contributed by atoms with van der Waals surface area (Å²) in [6, 6.07) is 0. The molecule has 0 aliphatic carbocycles. The molecule has 1 unspecified atom stereocenters. The normalized spacial score (nSPS) is 21.4. The van der Waals surface area contributed by atoms with Gasteiger partial charge in [-0.3, -0.25) is 0 Å². The Bertz CT molecular complexity index is 406. The third kappa shape index (κ3) is 4.23. The highest BCUT2D eigenvalue weighted by Crippen LogP contribution is 2.27. The number of carbonyl (C=O) groups is 2. The van der Waals surface area contributed by atoms with Crippen molar-refractivity contribution in [2.45, 2.75) is 46.1 Å². The van der Waals surface area contributed by atoms with E-state index in [9.17, 15) is 9.59 Å². The highest BCUT2D eigenvalue weighted by molar-refractivity contribution is 5.91. The molecule has 1 rings (SSSR count). The summed E-state index contributed by atoms with van der Waals surface area (Å²) in [5.74, 6) is 0.410. The molecule has 1 aliphatic heterocycles. The molecule has 0 amide bonds. The molecule has 106 valence electrons. The van der Waals surface area contributed by atoms with Crippen LogP contribution in [0.1, 0.15) is 40.0 Å². The topological polar surface area (TPSA) is 52.6 Å². The van der Waals surface area contributed by atoms with Crippen LogP contribution in [0.3, 0.4) is 0 Å². The number of hydrogen-bond acceptors (Lipinski definition) is 4. The summed E-state index contributed by atoms with van der Waals surface area (Å²) in [4.78, 5) is 22.0. The van der Waals surface area contributed by atoms with Crippen LogP contribution < -0.4 is 0 Å². The quantitative estimate of drug-likeness (QED) is 0.404. The lowest BCUT2D eigenvalue weighted by Crippen LogP contribution is -2.13. The number of carbonyl (C=O) groups excluding carboxylic acids is 2. The summed E-state index contributed by atoms with van der Waals surface area (Å²) in [7, 11) is 1.55. The van der Waals surface area contributed by atoms with Crippen LogP contribution in [-0.4, -0.2) is 25.5 Å². The van der Waals surface area contributed by atoms with E-state index >= 15 is 0 Å². The largest absolute Gasteiger partial charge is 0.497 e. The summed E-state index contributed by atoms with van der Waals surface area (Å²) in [5.41, 5.74) is 1.69. The van der Waals surface area contributed by atoms with Crippen molar-refractivity contribution in [1.29, 1.82) is 0 Å². The Hall–Kier alpha value is -1.58. The number of methoxy groups -OCH3 is 1. The summed E-state index contributed by atoms with van der Waals surface area (Å²) in [6.07, 6.45) is 5.10. The van der Waals surface area contributed by atoms with Gasteiger partial charge in [-0.15, -0.1) is 0 Å². The number of allylic oxidation sites excluding steroid dienone is 1. The Kier molecular flexibility index (Phi) is 5.80. The van der Waals surface area contributed by atoms with Crippen molar-refractivity contribution in [3.63, 3.8) is 0 Å². The minimum absolute atomic E-state index is 0.0880. The molecule has 0 aromatic carbocycles. The summed E-state index contributed by atoms with van der Waals surface area (Å²) in [6.45, 7) is 5.62. The van der Waals surface area contributed by atoms with Gasteiger partial charge in [0.25, 0.3) is 0 Å². The van der Waals surface area contributed by atoms with Gasteiger partial charge in [-0.05, 0) is 26.7 Å². The predicted octanol–water partition coefficient (Wildman–Crippen LogP) is 2.78. The third-order valence-corrected chi connectivity index (χ3v) is 3.29. The minimum atomic E-state index is -0.308. The van der Waals surface area contributed by atoms with Crippen molar-refractivity contribution in [3.8, 4) is 0 Å². The predicted molar refractivity (Wildman–Crippen MR) is 72.4 cm³/mol. The highest BCUT2D eigenvalue weighted by Gasteiger charge is 2.32.